The predicted octanol–water partition coefficient (Wildman–Crippen LogP) is 3.90. The first-order valence-corrected chi connectivity index (χ1v) is 7.79. The molecule has 2 aromatic carbocycles. The summed E-state index contributed by atoms with van der Waals surface area (Å²) in [6, 6.07) is 10.7. The Kier molecular flexibility index (Phi) is 3.81. The molecule has 0 saturated heterocycles. The van der Waals surface area contributed by atoms with Crippen LogP contribution >= 0.6 is 15.9 Å². The lowest BCUT2D eigenvalue weighted by molar-refractivity contribution is 0.0946. The summed E-state index contributed by atoms with van der Waals surface area (Å²) >= 11 is 3.66. The van der Waals surface area contributed by atoms with E-state index in [0.29, 0.717) is 6.54 Å². The Balaban J connectivity index is 2.00. The second-order valence-corrected chi connectivity index (χ2v) is 6.20. The maximum atomic E-state index is 13.2. The van der Waals surface area contributed by atoms with Crippen molar-refractivity contribution in [3.05, 3.63) is 70.0 Å². The molecule has 0 spiro atoms. The van der Waals surface area contributed by atoms with E-state index in [9.17, 15) is 9.18 Å². The highest BCUT2D eigenvalue weighted by atomic mass is 79.9. The molecule has 1 heterocycles. The molecular formula is C17H15BrFNO. The molecule has 3 rings (SSSR count). The van der Waals surface area contributed by atoms with Crippen LogP contribution in [0, 0.1) is 12.7 Å². The van der Waals surface area contributed by atoms with Crippen molar-refractivity contribution in [3.63, 3.8) is 0 Å². The first kappa shape index (κ1) is 14.3. The summed E-state index contributed by atoms with van der Waals surface area (Å²) in [5.74, 6) is -0.255. The standard InChI is InChI=1S/C17H15BrFNO/c1-10-8-13(19)4-5-14(10)16(18)12-3-2-11-6-7-20-17(21)15(11)9-12/h2-5,8-9,16H,6-7H2,1H3,(H,20,21). The summed E-state index contributed by atoms with van der Waals surface area (Å²) in [7, 11) is 0. The van der Waals surface area contributed by atoms with E-state index in [1.807, 2.05) is 25.1 Å². The number of hydrogen-bond donors (Lipinski definition) is 1. The van der Waals surface area contributed by atoms with Crippen LogP contribution in [0.2, 0.25) is 0 Å². The average molecular weight is 348 g/mol. The first-order valence-electron chi connectivity index (χ1n) is 6.87. The van der Waals surface area contributed by atoms with Crippen molar-refractivity contribution >= 4 is 21.8 Å². The van der Waals surface area contributed by atoms with Crippen LogP contribution in [0.3, 0.4) is 0 Å². The molecule has 1 aliphatic rings. The Morgan fingerprint density at radius 3 is 2.81 bits per heavy atom. The number of hydrogen-bond acceptors (Lipinski definition) is 1. The smallest absolute Gasteiger partial charge is 0.251 e. The maximum absolute atomic E-state index is 13.2. The van der Waals surface area contributed by atoms with Crippen molar-refractivity contribution < 1.29 is 9.18 Å². The van der Waals surface area contributed by atoms with Crippen LogP contribution in [-0.2, 0) is 6.42 Å². The van der Waals surface area contributed by atoms with E-state index < -0.39 is 0 Å². The predicted molar refractivity (Wildman–Crippen MR) is 84.4 cm³/mol. The van der Waals surface area contributed by atoms with Crippen LogP contribution in [0.5, 0.6) is 0 Å². The molecule has 0 aromatic heterocycles. The molecule has 0 aliphatic carbocycles. The first-order chi connectivity index (χ1) is 10.1. The minimum absolute atomic E-state index is 0.0198. The molecular weight excluding hydrogens is 333 g/mol. The monoisotopic (exact) mass is 347 g/mol. The third-order valence-electron chi connectivity index (χ3n) is 3.86. The van der Waals surface area contributed by atoms with Gasteiger partial charge in [-0.2, -0.15) is 0 Å². The third-order valence-corrected chi connectivity index (χ3v) is 4.88. The van der Waals surface area contributed by atoms with E-state index in [4.69, 9.17) is 0 Å². The number of carbonyl (C=O) groups excluding carboxylic acids is 1. The molecule has 1 unspecified atom stereocenters. The molecule has 21 heavy (non-hydrogen) atoms. The van der Waals surface area contributed by atoms with E-state index in [1.165, 1.54) is 12.1 Å². The topological polar surface area (TPSA) is 29.1 Å². The Hall–Kier alpha value is -1.68. The number of halogens is 2. The molecule has 1 atom stereocenters. The summed E-state index contributed by atoms with van der Waals surface area (Å²) < 4.78 is 13.2. The van der Waals surface area contributed by atoms with Crippen molar-refractivity contribution in [2.45, 2.75) is 18.2 Å². The molecule has 1 N–H and O–H groups in total. The van der Waals surface area contributed by atoms with Crippen LogP contribution in [0.15, 0.2) is 36.4 Å². The van der Waals surface area contributed by atoms with Gasteiger partial charge < -0.3 is 5.32 Å². The van der Waals surface area contributed by atoms with Gasteiger partial charge in [-0.05, 0) is 53.8 Å². The van der Waals surface area contributed by atoms with Crippen LogP contribution in [0.4, 0.5) is 4.39 Å². The zero-order chi connectivity index (χ0) is 15.0. The summed E-state index contributed by atoms with van der Waals surface area (Å²) in [6.45, 7) is 2.58. The number of rotatable bonds is 2. The van der Waals surface area contributed by atoms with Gasteiger partial charge in [0.1, 0.15) is 5.82 Å². The Morgan fingerprint density at radius 2 is 2.05 bits per heavy atom. The van der Waals surface area contributed by atoms with Crippen molar-refractivity contribution in [1.29, 1.82) is 0 Å². The van der Waals surface area contributed by atoms with Gasteiger partial charge in [0.25, 0.3) is 5.91 Å². The SMILES string of the molecule is Cc1cc(F)ccc1C(Br)c1ccc2c(c1)C(=O)NCC2. The highest BCUT2D eigenvalue weighted by molar-refractivity contribution is 9.09. The van der Waals surface area contributed by atoms with Gasteiger partial charge in [-0.15, -0.1) is 0 Å². The van der Waals surface area contributed by atoms with Crippen LogP contribution in [-0.4, -0.2) is 12.5 Å². The molecule has 0 radical (unpaired) electrons. The lowest BCUT2D eigenvalue weighted by atomic mass is 9.94. The van der Waals surface area contributed by atoms with E-state index in [-0.39, 0.29) is 16.6 Å². The summed E-state index contributed by atoms with van der Waals surface area (Å²) in [5.41, 5.74) is 4.72. The number of amides is 1. The van der Waals surface area contributed by atoms with Gasteiger partial charge in [0.15, 0.2) is 0 Å². The van der Waals surface area contributed by atoms with E-state index in [1.54, 1.807) is 6.07 Å². The summed E-state index contributed by atoms with van der Waals surface area (Å²) in [4.78, 5) is 11.9. The fraction of sp³-hybridized carbons (Fsp3) is 0.235. The summed E-state index contributed by atoms with van der Waals surface area (Å²) in [6.07, 6.45) is 0.865. The summed E-state index contributed by atoms with van der Waals surface area (Å²) in [5, 5.41) is 2.86. The molecule has 1 amide bonds. The second kappa shape index (κ2) is 5.60. The normalized spacial score (nSPS) is 15.3. The zero-order valence-corrected chi connectivity index (χ0v) is 13.2. The minimum Gasteiger partial charge on any atom is -0.352 e. The van der Waals surface area contributed by atoms with Crippen LogP contribution in [0.1, 0.15) is 37.4 Å². The number of benzene rings is 2. The van der Waals surface area contributed by atoms with Gasteiger partial charge in [0.05, 0.1) is 4.83 Å². The fourth-order valence-corrected chi connectivity index (χ4v) is 3.49. The quantitative estimate of drug-likeness (QED) is 0.820. The van der Waals surface area contributed by atoms with Crippen molar-refractivity contribution in [2.24, 2.45) is 0 Å². The van der Waals surface area contributed by atoms with Gasteiger partial charge in [-0.3, -0.25) is 4.79 Å². The van der Waals surface area contributed by atoms with Crippen LogP contribution < -0.4 is 5.32 Å². The Morgan fingerprint density at radius 1 is 1.24 bits per heavy atom. The van der Waals surface area contributed by atoms with E-state index in [0.717, 1.165) is 34.2 Å². The molecule has 1 aliphatic heterocycles. The van der Waals surface area contributed by atoms with E-state index in [2.05, 4.69) is 21.2 Å². The lowest BCUT2D eigenvalue weighted by Gasteiger charge is -2.19. The van der Waals surface area contributed by atoms with E-state index >= 15 is 0 Å². The van der Waals surface area contributed by atoms with Crippen LogP contribution in [0.25, 0.3) is 0 Å². The van der Waals surface area contributed by atoms with Crippen molar-refractivity contribution in [2.75, 3.05) is 6.54 Å². The molecule has 2 nitrogen and oxygen atoms in total. The van der Waals surface area contributed by atoms with Gasteiger partial charge in [0.2, 0.25) is 0 Å². The largest absolute Gasteiger partial charge is 0.352 e. The average Bonchev–Trinajstić information content (AvgIpc) is 2.47. The molecule has 0 fully saturated rings. The lowest BCUT2D eigenvalue weighted by Crippen LogP contribution is -2.31. The number of aryl methyl sites for hydroxylation is 1. The van der Waals surface area contributed by atoms with Gasteiger partial charge in [-0.1, -0.05) is 34.1 Å². The second-order valence-electron chi connectivity index (χ2n) is 5.29. The van der Waals surface area contributed by atoms with Gasteiger partial charge in [0, 0.05) is 12.1 Å². The molecule has 2 aromatic rings. The molecule has 4 heteroatoms. The highest BCUT2D eigenvalue weighted by Crippen LogP contribution is 2.34. The Labute approximate surface area is 131 Å². The van der Waals surface area contributed by atoms with Crippen molar-refractivity contribution in [3.8, 4) is 0 Å². The molecule has 108 valence electrons. The maximum Gasteiger partial charge on any atom is 0.251 e. The number of carbonyl (C=O) groups is 1. The number of alkyl halides is 1. The third kappa shape index (κ3) is 2.72. The van der Waals surface area contributed by atoms with Gasteiger partial charge in [-0.25, -0.2) is 4.39 Å². The molecule has 0 saturated carbocycles. The Bertz CT molecular complexity index is 714. The van der Waals surface area contributed by atoms with Gasteiger partial charge >= 0.3 is 0 Å². The number of fused-ring (bicyclic) bond motifs is 1. The molecule has 0 bridgehead atoms. The fourth-order valence-electron chi connectivity index (χ4n) is 2.69. The highest BCUT2D eigenvalue weighted by Gasteiger charge is 2.20. The van der Waals surface area contributed by atoms with Crippen molar-refractivity contribution in [1.82, 2.24) is 5.32 Å². The number of nitrogens with one attached hydrogen (secondary N) is 1. The minimum atomic E-state index is -0.235. The zero-order valence-electron chi connectivity index (χ0n) is 11.6.